The Bertz CT molecular complexity index is 668. The molecule has 0 bridgehead atoms. The van der Waals surface area contributed by atoms with Crippen molar-refractivity contribution in [3.8, 4) is 11.5 Å². The van der Waals surface area contributed by atoms with E-state index in [1.165, 1.54) is 12.3 Å². The van der Waals surface area contributed by atoms with Gasteiger partial charge in [0.2, 0.25) is 5.76 Å². The predicted molar refractivity (Wildman–Crippen MR) is 75.1 cm³/mol. The lowest BCUT2D eigenvalue weighted by Crippen LogP contribution is -2.55. The molecule has 2 N–H and O–H groups in total. The van der Waals surface area contributed by atoms with Gasteiger partial charge in [-0.15, -0.1) is 0 Å². The maximum atomic E-state index is 12.3. The number of carbonyl (C=O) groups excluding carboxylic acids is 1. The largest absolute Gasteiger partial charge is 0.480 e. The summed E-state index contributed by atoms with van der Waals surface area (Å²) in [6, 6.07) is 4.81. The van der Waals surface area contributed by atoms with Crippen LogP contribution in [0.15, 0.2) is 33.4 Å². The van der Waals surface area contributed by atoms with Crippen molar-refractivity contribution in [3.05, 3.63) is 30.2 Å². The van der Waals surface area contributed by atoms with Crippen molar-refractivity contribution in [2.24, 2.45) is 0 Å². The van der Waals surface area contributed by atoms with Gasteiger partial charge in [0.15, 0.2) is 11.5 Å². The zero-order chi connectivity index (χ0) is 15.6. The number of aliphatic carboxylic acids is 1. The molecule has 1 fully saturated rings. The average Bonchev–Trinajstić information content (AvgIpc) is 3.19. The average molecular weight is 304 g/mol. The number of nitrogens with one attached hydrogen (secondary N) is 1. The van der Waals surface area contributed by atoms with Crippen molar-refractivity contribution < 1.29 is 23.6 Å². The fourth-order valence-corrected chi connectivity index (χ4v) is 2.75. The standard InChI is InChI=1S/C15H16N2O5/c18-13(16-15(14(19)20)6-2-1-3-7-15)10-9-12(22-17-10)11-5-4-8-21-11/h4-5,8-9H,1-3,6-7H2,(H,16,18)(H,19,20). The van der Waals surface area contributed by atoms with E-state index < -0.39 is 17.4 Å². The van der Waals surface area contributed by atoms with Gasteiger partial charge in [0.1, 0.15) is 5.54 Å². The highest BCUT2D eigenvalue weighted by Crippen LogP contribution is 2.29. The topological polar surface area (TPSA) is 106 Å². The number of rotatable bonds is 4. The molecule has 22 heavy (non-hydrogen) atoms. The van der Waals surface area contributed by atoms with Crippen LogP contribution in [-0.4, -0.2) is 27.7 Å². The molecule has 116 valence electrons. The van der Waals surface area contributed by atoms with E-state index in [-0.39, 0.29) is 5.69 Å². The van der Waals surface area contributed by atoms with Gasteiger partial charge in [-0.05, 0) is 25.0 Å². The van der Waals surface area contributed by atoms with Crippen molar-refractivity contribution in [2.45, 2.75) is 37.6 Å². The molecule has 2 heterocycles. The van der Waals surface area contributed by atoms with Gasteiger partial charge in [-0.25, -0.2) is 4.79 Å². The highest BCUT2D eigenvalue weighted by molar-refractivity contribution is 5.96. The molecule has 0 aliphatic heterocycles. The Kier molecular flexibility index (Phi) is 3.70. The van der Waals surface area contributed by atoms with Crippen molar-refractivity contribution in [1.82, 2.24) is 10.5 Å². The molecule has 3 rings (SSSR count). The molecule has 1 aliphatic carbocycles. The van der Waals surface area contributed by atoms with Gasteiger partial charge >= 0.3 is 5.97 Å². The second kappa shape index (κ2) is 5.67. The summed E-state index contributed by atoms with van der Waals surface area (Å²) in [5, 5.41) is 15.8. The molecular formula is C15H16N2O5. The van der Waals surface area contributed by atoms with E-state index in [1.54, 1.807) is 12.1 Å². The third-order valence-corrected chi connectivity index (χ3v) is 3.98. The number of carboxylic acid groups (broad SMARTS) is 1. The van der Waals surface area contributed by atoms with Crippen LogP contribution in [-0.2, 0) is 4.79 Å². The summed E-state index contributed by atoms with van der Waals surface area (Å²) in [4.78, 5) is 23.8. The van der Waals surface area contributed by atoms with Crippen LogP contribution in [0.4, 0.5) is 0 Å². The highest BCUT2D eigenvalue weighted by Gasteiger charge is 2.41. The van der Waals surface area contributed by atoms with Crippen LogP contribution in [0, 0.1) is 0 Å². The third-order valence-electron chi connectivity index (χ3n) is 3.98. The van der Waals surface area contributed by atoms with Gasteiger partial charge in [-0.3, -0.25) is 4.79 Å². The zero-order valence-corrected chi connectivity index (χ0v) is 11.9. The number of carbonyl (C=O) groups is 2. The van der Waals surface area contributed by atoms with Gasteiger partial charge in [0.25, 0.3) is 5.91 Å². The summed E-state index contributed by atoms with van der Waals surface area (Å²) >= 11 is 0. The summed E-state index contributed by atoms with van der Waals surface area (Å²) in [6.45, 7) is 0. The fourth-order valence-electron chi connectivity index (χ4n) is 2.75. The van der Waals surface area contributed by atoms with Gasteiger partial charge in [0, 0.05) is 6.07 Å². The minimum Gasteiger partial charge on any atom is -0.480 e. The van der Waals surface area contributed by atoms with E-state index in [2.05, 4.69) is 10.5 Å². The van der Waals surface area contributed by atoms with E-state index in [4.69, 9.17) is 8.94 Å². The number of furan rings is 1. The quantitative estimate of drug-likeness (QED) is 0.898. The maximum Gasteiger partial charge on any atom is 0.329 e. The van der Waals surface area contributed by atoms with Gasteiger partial charge in [-0.1, -0.05) is 24.4 Å². The van der Waals surface area contributed by atoms with E-state index in [9.17, 15) is 14.7 Å². The lowest BCUT2D eigenvalue weighted by atomic mass is 9.81. The molecule has 0 atom stereocenters. The molecule has 0 radical (unpaired) electrons. The molecule has 1 aliphatic rings. The molecule has 7 heteroatoms. The molecule has 0 unspecified atom stereocenters. The summed E-state index contributed by atoms with van der Waals surface area (Å²) in [5.41, 5.74) is -1.17. The molecule has 1 saturated carbocycles. The van der Waals surface area contributed by atoms with Crippen LogP contribution in [0.3, 0.4) is 0 Å². The molecule has 2 aromatic rings. The third kappa shape index (κ3) is 2.61. The van der Waals surface area contributed by atoms with Crippen molar-refractivity contribution in [2.75, 3.05) is 0 Å². The minimum absolute atomic E-state index is 0.0394. The first-order valence-electron chi connectivity index (χ1n) is 7.17. The number of aromatic nitrogens is 1. The first-order valence-corrected chi connectivity index (χ1v) is 7.17. The fraction of sp³-hybridized carbons (Fsp3) is 0.400. The first-order chi connectivity index (χ1) is 10.6. The predicted octanol–water partition coefficient (Wildman–Crippen LogP) is 2.45. The summed E-state index contributed by atoms with van der Waals surface area (Å²) in [6.07, 6.45) is 4.89. The van der Waals surface area contributed by atoms with E-state index in [1.807, 2.05) is 0 Å². The summed E-state index contributed by atoms with van der Waals surface area (Å²) < 4.78 is 10.2. The zero-order valence-electron chi connectivity index (χ0n) is 11.9. The number of carboxylic acids is 1. The van der Waals surface area contributed by atoms with Crippen LogP contribution in [0.2, 0.25) is 0 Å². The Morgan fingerprint density at radius 3 is 2.64 bits per heavy atom. The van der Waals surface area contributed by atoms with Gasteiger partial charge < -0.3 is 19.4 Å². The Morgan fingerprint density at radius 1 is 1.23 bits per heavy atom. The normalized spacial score (nSPS) is 17.1. The maximum absolute atomic E-state index is 12.3. The van der Waals surface area contributed by atoms with Crippen LogP contribution in [0.1, 0.15) is 42.6 Å². The smallest absolute Gasteiger partial charge is 0.329 e. The van der Waals surface area contributed by atoms with E-state index in [0.717, 1.165) is 19.3 Å². The number of nitrogens with zero attached hydrogens (tertiary/aromatic N) is 1. The molecular weight excluding hydrogens is 288 g/mol. The van der Waals surface area contributed by atoms with Crippen molar-refractivity contribution >= 4 is 11.9 Å². The van der Waals surface area contributed by atoms with Gasteiger partial charge in [-0.2, -0.15) is 0 Å². The first kappa shape index (κ1) is 14.4. The van der Waals surface area contributed by atoms with Crippen molar-refractivity contribution in [1.29, 1.82) is 0 Å². The Hall–Kier alpha value is -2.57. The number of hydrogen-bond donors (Lipinski definition) is 2. The van der Waals surface area contributed by atoms with Crippen molar-refractivity contribution in [3.63, 3.8) is 0 Å². The molecule has 0 saturated heterocycles. The van der Waals surface area contributed by atoms with Gasteiger partial charge in [0.05, 0.1) is 6.26 Å². The minimum atomic E-state index is -1.21. The Labute approximate surface area is 126 Å². The van der Waals surface area contributed by atoms with Crippen LogP contribution in [0.5, 0.6) is 0 Å². The molecule has 2 aromatic heterocycles. The molecule has 0 aromatic carbocycles. The number of hydrogen-bond acceptors (Lipinski definition) is 5. The lowest BCUT2D eigenvalue weighted by molar-refractivity contribution is -0.145. The Morgan fingerprint density at radius 2 is 2.00 bits per heavy atom. The molecule has 7 nitrogen and oxygen atoms in total. The highest BCUT2D eigenvalue weighted by atomic mass is 16.5. The molecule has 0 spiro atoms. The SMILES string of the molecule is O=C(NC1(C(=O)O)CCCCC1)c1cc(-c2ccco2)on1. The van der Waals surface area contributed by atoms with Crippen LogP contribution in [0.25, 0.3) is 11.5 Å². The second-order valence-electron chi connectivity index (χ2n) is 5.46. The molecule has 1 amide bonds. The van der Waals surface area contributed by atoms with E-state index in [0.29, 0.717) is 24.4 Å². The monoisotopic (exact) mass is 304 g/mol. The Balaban J connectivity index is 1.77. The van der Waals surface area contributed by atoms with E-state index >= 15 is 0 Å². The lowest BCUT2D eigenvalue weighted by Gasteiger charge is -2.33. The summed E-state index contributed by atoms with van der Waals surface area (Å²) in [7, 11) is 0. The summed E-state index contributed by atoms with van der Waals surface area (Å²) in [5.74, 6) is -0.776. The second-order valence-corrected chi connectivity index (χ2v) is 5.46. The van der Waals surface area contributed by atoms with Crippen LogP contribution >= 0.6 is 0 Å². The number of amides is 1. The van der Waals surface area contributed by atoms with Crippen LogP contribution < -0.4 is 5.32 Å².